The molecule has 0 spiro atoms. The quantitative estimate of drug-likeness (QED) is 0.446. The summed E-state index contributed by atoms with van der Waals surface area (Å²) in [5, 5.41) is 0. The van der Waals surface area contributed by atoms with Gasteiger partial charge in [0, 0.05) is 10.0 Å². The summed E-state index contributed by atoms with van der Waals surface area (Å²) in [5.74, 6) is -2.01. The lowest BCUT2D eigenvalue weighted by Gasteiger charge is -2.14. The lowest BCUT2D eigenvalue weighted by Crippen LogP contribution is -2.11. The molecule has 0 saturated heterocycles. The van der Waals surface area contributed by atoms with Gasteiger partial charge in [-0.3, -0.25) is 0 Å². The van der Waals surface area contributed by atoms with E-state index in [9.17, 15) is 9.18 Å². The van der Waals surface area contributed by atoms with Crippen molar-refractivity contribution in [2.45, 2.75) is 12.7 Å². The zero-order chi connectivity index (χ0) is 9.90. The summed E-state index contributed by atoms with van der Waals surface area (Å²) in [6.45, 7) is 1.21. The van der Waals surface area contributed by atoms with E-state index in [1.165, 1.54) is 13.0 Å². The molecule has 1 aromatic carbocycles. The number of isocyanates is 1. The molecule has 0 N–H and O–H groups in total. The Morgan fingerprint density at radius 3 is 2.69 bits per heavy atom. The summed E-state index contributed by atoms with van der Waals surface area (Å²) >= 11 is 3.17. The zero-order valence-electron chi connectivity index (χ0n) is 6.92. The normalized spacial score (nSPS) is 14.4. The van der Waals surface area contributed by atoms with Gasteiger partial charge < -0.3 is 0 Å². The maximum absolute atomic E-state index is 13.6. The first-order valence-corrected chi connectivity index (χ1v) is 4.40. The van der Waals surface area contributed by atoms with Crippen molar-refractivity contribution < 1.29 is 9.18 Å². The van der Waals surface area contributed by atoms with Crippen molar-refractivity contribution in [1.82, 2.24) is 0 Å². The van der Waals surface area contributed by atoms with Crippen molar-refractivity contribution in [3.8, 4) is 0 Å². The Morgan fingerprint density at radius 2 is 2.15 bits per heavy atom. The van der Waals surface area contributed by atoms with Crippen molar-refractivity contribution in [2.75, 3.05) is 0 Å². The average molecular weight is 244 g/mol. The lowest BCUT2D eigenvalue weighted by molar-refractivity contribution is 0.205. The maximum atomic E-state index is 13.6. The Bertz CT molecular complexity index is 358. The van der Waals surface area contributed by atoms with Crippen LogP contribution in [0, 0.1) is 0 Å². The first-order chi connectivity index (χ1) is 6.08. The van der Waals surface area contributed by atoms with Crippen LogP contribution in [0.5, 0.6) is 0 Å². The van der Waals surface area contributed by atoms with Gasteiger partial charge in [0.1, 0.15) is 0 Å². The molecule has 0 aliphatic carbocycles. The molecule has 1 unspecified atom stereocenters. The fraction of sp³-hybridized carbons (Fsp3) is 0.222. The van der Waals surface area contributed by atoms with Crippen LogP contribution in [0.25, 0.3) is 0 Å². The molecule has 1 aromatic rings. The van der Waals surface area contributed by atoms with Crippen LogP contribution in [0.3, 0.4) is 0 Å². The molecule has 1 atom stereocenters. The van der Waals surface area contributed by atoms with Crippen LogP contribution in [0.4, 0.5) is 4.39 Å². The van der Waals surface area contributed by atoms with Crippen molar-refractivity contribution >= 4 is 22.0 Å². The summed E-state index contributed by atoms with van der Waals surface area (Å²) in [5.41, 5.74) is 0.318. The third kappa shape index (κ3) is 2.23. The highest BCUT2D eigenvalue weighted by Gasteiger charge is 2.26. The van der Waals surface area contributed by atoms with Crippen LogP contribution < -0.4 is 0 Å². The Kier molecular flexibility index (Phi) is 2.96. The van der Waals surface area contributed by atoms with Crippen LogP contribution in [0.15, 0.2) is 33.7 Å². The third-order valence-electron chi connectivity index (χ3n) is 1.62. The third-order valence-corrected chi connectivity index (χ3v) is 2.31. The molecule has 0 saturated carbocycles. The summed E-state index contributed by atoms with van der Waals surface area (Å²) in [4.78, 5) is 13.0. The van der Waals surface area contributed by atoms with Gasteiger partial charge in [-0.25, -0.2) is 9.18 Å². The van der Waals surface area contributed by atoms with Gasteiger partial charge in [0.25, 0.3) is 0 Å². The minimum absolute atomic E-state index is 0.318. The van der Waals surface area contributed by atoms with Gasteiger partial charge in [-0.05, 0) is 13.0 Å². The smallest absolute Gasteiger partial charge is 0.212 e. The van der Waals surface area contributed by atoms with Gasteiger partial charge >= 0.3 is 0 Å². The molecular weight excluding hydrogens is 237 g/mol. The molecule has 2 nitrogen and oxygen atoms in total. The van der Waals surface area contributed by atoms with Gasteiger partial charge in [0.05, 0.1) is 0 Å². The molecule has 0 aliphatic heterocycles. The minimum Gasteiger partial charge on any atom is -0.212 e. The van der Waals surface area contributed by atoms with Gasteiger partial charge in [0.15, 0.2) is 0 Å². The monoisotopic (exact) mass is 243 g/mol. The van der Waals surface area contributed by atoms with E-state index in [-0.39, 0.29) is 0 Å². The molecular formula is C9H7BrFNO. The van der Waals surface area contributed by atoms with E-state index < -0.39 is 5.79 Å². The Morgan fingerprint density at radius 1 is 1.54 bits per heavy atom. The molecule has 0 bridgehead atoms. The van der Waals surface area contributed by atoms with Crippen molar-refractivity contribution in [3.63, 3.8) is 0 Å². The Balaban J connectivity index is 3.21. The van der Waals surface area contributed by atoms with E-state index in [2.05, 4.69) is 20.9 Å². The van der Waals surface area contributed by atoms with E-state index in [1.54, 1.807) is 24.3 Å². The molecule has 0 fully saturated rings. The molecule has 0 heterocycles. The highest BCUT2D eigenvalue weighted by molar-refractivity contribution is 9.10. The molecule has 0 aromatic heterocycles. The maximum Gasteiger partial charge on any atom is 0.238 e. The number of rotatable bonds is 2. The van der Waals surface area contributed by atoms with Crippen LogP contribution in [-0.2, 0) is 10.6 Å². The minimum atomic E-state index is -2.01. The number of hydrogen-bond acceptors (Lipinski definition) is 2. The van der Waals surface area contributed by atoms with Crippen LogP contribution in [-0.4, -0.2) is 6.08 Å². The van der Waals surface area contributed by atoms with E-state index >= 15 is 0 Å². The van der Waals surface area contributed by atoms with Gasteiger partial charge in [-0.2, -0.15) is 4.99 Å². The van der Waals surface area contributed by atoms with Crippen LogP contribution in [0.2, 0.25) is 0 Å². The highest BCUT2D eigenvalue weighted by Crippen LogP contribution is 2.32. The van der Waals surface area contributed by atoms with Crippen molar-refractivity contribution in [1.29, 1.82) is 0 Å². The van der Waals surface area contributed by atoms with Gasteiger partial charge in [-0.15, -0.1) is 0 Å². The number of hydrogen-bond donors (Lipinski definition) is 0. The summed E-state index contributed by atoms with van der Waals surface area (Å²) in [7, 11) is 0. The Hall–Kier alpha value is -0.990. The second-order valence-corrected chi connectivity index (χ2v) is 3.49. The molecule has 68 valence electrons. The van der Waals surface area contributed by atoms with Crippen molar-refractivity contribution in [2.24, 2.45) is 4.99 Å². The molecule has 1 rings (SSSR count). The van der Waals surface area contributed by atoms with Crippen LogP contribution in [0.1, 0.15) is 12.5 Å². The van der Waals surface area contributed by atoms with Crippen LogP contribution >= 0.6 is 15.9 Å². The largest absolute Gasteiger partial charge is 0.238 e. The fourth-order valence-corrected chi connectivity index (χ4v) is 1.62. The standard InChI is InChI=1S/C9H7BrFNO/c1-9(11,12-6-13)7-4-2-3-5-8(7)10/h2-5H,1H3. The van der Waals surface area contributed by atoms with Gasteiger partial charge in [0.2, 0.25) is 11.9 Å². The number of halogens is 2. The van der Waals surface area contributed by atoms with Crippen molar-refractivity contribution in [3.05, 3.63) is 34.3 Å². The number of alkyl halides is 1. The summed E-state index contributed by atoms with van der Waals surface area (Å²) in [6.07, 6.45) is 1.21. The summed E-state index contributed by atoms with van der Waals surface area (Å²) < 4.78 is 14.2. The fourth-order valence-electron chi connectivity index (χ4n) is 0.977. The molecule has 13 heavy (non-hydrogen) atoms. The Labute approximate surface area is 83.6 Å². The van der Waals surface area contributed by atoms with Gasteiger partial charge in [-0.1, -0.05) is 34.1 Å². The molecule has 0 aliphatic rings. The highest BCUT2D eigenvalue weighted by atomic mass is 79.9. The van der Waals surface area contributed by atoms with E-state index in [4.69, 9.17) is 0 Å². The number of carbonyl (C=O) groups excluding carboxylic acids is 1. The first-order valence-electron chi connectivity index (χ1n) is 3.61. The van der Waals surface area contributed by atoms with E-state index in [0.29, 0.717) is 10.0 Å². The predicted molar refractivity (Wildman–Crippen MR) is 50.7 cm³/mol. The SMILES string of the molecule is CC(F)(N=C=O)c1ccccc1Br. The topological polar surface area (TPSA) is 29.4 Å². The number of aliphatic imine (C=N–C) groups is 1. The average Bonchev–Trinajstić information content (AvgIpc) is 2.04. The molecule has 0 amide bonds. The van der Waals surface area contributed by atoms with E-state index in [0.717, 1.165) is 0 Å². The number of nitrogens with zero attached hydrogens (tertiary/aromatic N) is 1. The number of benzene rings is 1. The lowest BCUT2D eigenvalue weighted by atomic mass is 10.1. The summed E-state index contributed by atoms with van der Waals surface area (Å²) in [6, 6.07) is 6.69. The van der Waals surface area contributed by atoms with E-state index in [1.807, 2.05) is 0 Å². The second-order valence-electron chi connectivity index (χ2n) is 2.64. The first kappa shape index (κ1) is 10.1. The molecule has 4 heteroatoms. The zero-order valence-corrected chi connectivity index (χ0v) is 8.51. The predicted octanol–water partition coefficient (Wildman–Crippen LogP) is 2.93. The second kappa shape index (κ2) is 3.81. The molecule has 0 radical (unpaired) electrons.